The predicted molar refractivity (Wildman–Crippen MR) is 128 cm³/mol. The Labute approximate surface area is 204 Å². The molecule has 2 N–H and O–H groups in total. The number of amides is 2. The highest BCUT2D eigenvalue weighted by Crippen LogP contribution is 2.44. The van der Waals surface area contributed by atoms with Crippen LogP contribution in [0.5, 0.6) is 0 Å². The fourth-order valence-electron chi connectivity index (χ4n) is 5.61. The Balaban J connectivity index is 1.13. The van der Waals surface area contributed by atoms with E-state index < -0.39 is 18.2 Å². The van der Waals surface area contributed by atoms with E-state index in [2.05, 4.69) is 29.6 Å². The molecule has 0 saturated carbocycles. The third kappa shape index (κ3) is 4.89. The molecular weight excluding hydrogens is 448 g/mol. The van der Waals surface area contributed by atoms with Crippen LogP contribution in [0, 0.1) is 11.8 Å². The second-order valence-corrected chi connectivity index (χ2v) is 9.58. The van der Waals surface area contributed by atoms with Crippen LogP contribution in [0.4, 0.5) is 4.79 Å². The second-order valence-electron chi connectivity index (χ2n) is 9.58. The van der Waals surface area contributed by atoms with Crippen molar-refractivity contribution in [3.8, 4) is 11.1 Å². The number of hydrogen-bond donors (Lipinski definition) is 2. The van der Waals surface area contributed by atoms with E-state index in [-0.39, 0.29) is 36.7 Å². The number of ether oxygens (including phenoxy) is 2. The Kier molecular flexibility index (Phi) is 6.72. The van der Waals surface area contributed by atoms with Crippen LogP contribution in [-0.4, -0.2) is 66.9 Å². The van der Waals surface area contributed by atoms with E-state index in [0.717, 1.165) is 11.1 Å². The van der Waals surface area contributed by atoms with Crippen molar-refractivity contribution >= 4 is 18.0 Å². The molecule has 2 aliphatic heterocycles. The second kappa shape index (κ2) is 10.1. The van der Waals surface area contributed by atoms with Crippen molar-refractivity contribution in [2.45, 2.75) is 31.3 Å². The van der Waals surface area contributed by atoms with Gasteiger partial charge in [0.05, 0.1) is 0 Å². The van der Waals surface area contributed by atoms with E-state index in [1.54, 1.807) is 4.90 Å². The molecule has 0 aromatic heterocycles. The lowest BCUT2D eigenvalue weighted by atomic mass is 9.98. The highest BCUT2D eigenvalue weighted by atomic mass is 16.5. The SMILES string of the molecule is O=C(O)CC1CCN(C(=O)[C@@H]2OCC[C@@H]2CNC(=O)OCC2c3ccccc3-c3ccccc32)C1. The van der Waals surface area contributed by atoms with E-state index >= 15 is 0 Å². The Morgan fingerprint density at radius 2 is 1.71 bits per heavy atom. The largest absolute Gasteiger partial charge is 0.481 e. The molecular formula is C27H30N2O6. The number of aliphatic carboxylic acids is 1. The first-order valence-corrected chi connectivity index (χ1v) is 12.2. The van der Waals surface area contributed by atoms with Crippen molar-refractivity contribution in [3.05, 3.63) is 59.7 Å². The molecule has 2 amide bonds. The first kappa shape index (κ1) is 23.4. The Hall–Kier alpha value is -3.39. The van der Waals surface area contributed by atoms with Crippen LogP contribution < -0.4 is 5.32 Å². The molecule has 35 heavy (non-hydrogen) atoms. The van der Waals surface area contributed by atoms with E-state index in [0.29, 0.717) is 39.1 Å². The lowest BCUT2D eigenvalue weighted by Gasteiger charge is -2.24. The van der Waals surface area contributed by atoms with Crippen LogP contribution >= 0.6 is 0 Å². The van der Waals surface area contributed by atoms with Gasteiger partial charge >= 0.3 is 12.1 Å². The minimum absolute atomic E-state index is 0.00814. The van der Waals surface area contributed by atoms with Crippen LogP contribution in [0.2, 0.25) is 0 Å². The zero-order chi connectivity index (χ0) is 24.4. The molecule has 1 unspecified atom stereocenters. The van der Waals surface area contributed by atoms with Crippen LogP contribution in [0.1, 0.15) is 36.3 Å². The van der Waals surface area contributed by atoms with Crippen LogP contribution in [0.25, 0.3) is 11.1 Å². The first-order chi connectivity index (χ1) is 17.0. The van der Waals surface area contributed by atoms with Gasteiger partial charge in [0.2, 0.25) is 0 Å². The average Bonchev–Trinajstić information content (AvgIpc) is 3.58. The lowest BCUT2D eigenvalue weighted by Crippen LogP contribution is -2.43. The summed E-state index contributed by atoms with van der Waals surface area (Å²) < 4.78 is 11.3. The predicted octanol–water partition coefficient (Wildman–Crippen LogP) is 3.25. The quantitative estimate of drug-likeness (QED) is 0.633. The molecule has 2 heterocycles. The summed E-state index contributed by atoms with van der Waals surface area (Å²) in [5.41, 5.74) is 4.66. The number of carbonyl (C=O) groups is 3. The summed E-state index contributed by atoms with van der Waals surface area (Å²) in [7, 11) is 0. The summed E-state index contributed by atoms with van der Waals surface area (Å²) in [5, 5.41) is 11.8. The third-order valence-electron chi connectivity index (χ3n) is 7.37. The maximum atomic E-state index is 13.0. The number of alkyl carbamates (subject to hydrolysis) is 1. The molecule has 1 aliphatic carbocycles. The van der Waals surface area contributed by atoms with Crippen LogP contribution in [0.3, 0.4) is 0 Å². The number of hydrogen-bond acceptors (Lipinski definition) is 5. The topological polar surface area (TPSA) is 105 Å². The zero-order valence-electron chi connectivity index (χ0n) is 19.5. The third-order valence-corrected chi connectivity index (χ3v) is 7.37. The van der Waals surface area contributed by atoms with Gasteiger partial charge in [-0.15, -0.1) is 0 Å². The minimum atomic E-state index is -0.841. The molecule has 8 nitrogen and oxygen atoms in total. The van der Waals surface area contributed by atoms with E-state index in [1.807, 2.05) is 24.3 Å². The monoisotopic (exact) mass is 478 g/mol. The van der Waals surface area contributed by atoms with E-state index in [1.165, 1.54) is 11.1 Å². The maximum absolute atomic E-state index is 13.0. The van der Waals surface area contributed by atoms with Gasteiger partial charge in [-0.05, 0) is 41.0 Å². The van der Waals surface area contributed by atoms with Crippen molar-refractivity contribution in [2.75, 3.05) is 32.8 Å². The number of nitrogens with zero attached hydrogens (tertiary/aromatic N) is 1. The maximum Gasteiger partial charge on any atom is 0.407 e. The number of nitrogens with one attached hydrogen (secondary N) is 1. The van der Waals surface area contributed by atoms with E-state index in [9.17, 15) is 14.4 Å². The normalized spacial score (nSPS) is 23.1. The zero-order valence-corrected chi connectivity index (χ0v) is 19.5. The van der Waals surface area contributed by atoms with Gasteiger partial charge in [0.25, 0.3) is 5.91 Å². The summed E-state index contributed by atoms with van der Waals surface area (Å²) in [4.78, 5) is 38.2. The summed E-state index contributed by atoms with van der Waals surface area (Å²) in [6, 6.07) is 16.4. The average molecular weight is 479 g/mol. The summed E-state index contributed by atoms with van der Waals surface area (Å²) >= 11 is 0. The van der Waals surface area contributed by atoms with Gasteiger partial charge in [-0.1, -0.05) is 48.5 Å². The smallest absolute Gasteiger partial charge is 0.407 e. The molecule has 2 aromatic carbocycles. The molecule has 2 aromatic rings. The van der Waals surface area contributed by atoms with E-state index in [4.69, 9.17) is 14.6 Å². The van der Waals surface area contributed by atoms with Crippen LogP contribution in [-0.2, 0) is 19.1 Å². The number of rotatable bonds is 7. The van der Waals surface area contributed by atoms with Gasteiger partial charge in [0.1, 0.15) is 12.7 Å². The molecule has 0 spiro atoms. The van der Waals surface area contributed by atoms with Gasteiger partial charge in [-0.2, -0.15) is 0 Å². The molecule has 0 bridgehead atoms. The standard InChI is InChI=1S/C27H30N2O6/c30-24(31)13-17-9-11-29(15-17)26(32)25-18(10-12-34-25)14-28-27(33)35-16-23-21-7-3-1-5-19(21)20-6-2-4-8-22(20)23/h1-8,17-18,23,25H,9-16H2,(H,28,33)(H,30,31)/t17?,18-,25-/m1/s1. The molecule has 5 rings (SSSR count). The highest BCUT2D eigenvalue weighted by Gasteiger charge is 2.39. The number of likely N-dealkylation sites (tertiary alicyclic amines) is 1. The Morgan fingerprint density at radius 1 is 1.03 bits per heavy atom. The van der Waals surface area contributed by atoms with Crippen molar-refractivity contribution in [1.82, 2.24) is 10.2 Å². The van der Waals surface area contributed by atoms with Crippen molar-refractivity contribution < 1.29 is 29.0 Å². The minimum Gasteiger partial charge on any atom is -0.481 e. The number of benzene rings is 2. The number of fused-ring (bicyclic) bond motifs is 3. The lowest BCUT2D eigenvalue weighted by molar-refractivity contribution is -0.142. The molecule has 3 aliphatic rings. The van der Waals surface area contributed by atoms with Gasteiger partial charge in [0, 0.05) is 44.5 Å². The molecule has 8 heteroatoms. The Bertz CT molecular complexity index is 1070. The number of carboxylic acid groups (broad SMARTS) is 1. The number of carboxylic acids is 1. The highest BCUT2D eigenvalue weighted by molar-refractivity contribution is 5.82. The molecule has 2 fully saturated rings. The Morgan fingerprint density at radius 3 is 2.40 bits per heavy atom. The fourth-order valence-corrected chi connectivity index (χ4v) is 5.61. The molecule has 184 valence electrons. The number of carbonyl (C=O) groups excluding carboxylic acids is 2. The van der Waals surface area contributed by atoms with Crippen molar-refractivity contribution in [2.24, 2.45) is 11.8 Å². The fraction of sp³-hybridized carbons (Fsp3) is 0.444. The van der Waals surface area contributed by atoms with Gasteiger partial charge < -0.3 is 24.8 Å². The summed E-state index contributed by atoms with van der Waals surface area (Å²) in [5.74, 6) is -1.12. The van der Waals surface area contributed by atoms with Gasteiger partial charge in [0.15, 0.2) is 0 Å². The molecule has 0 radical (unpaired) electrons. The molecule has 2 saturated heterocycles. The molecule has 3 atom stereocenters. The summed E-state index contributed by atoms with van der Waals surface area (Å²) in [6.45, 7) is 1.97. The van der Waals surface area contributed by atoms with Crippen molar-refractivity contribution in [1.29, 1.82) is 0 Å². The van der Waals surface area contributed by atoms with Gasteiger partial charge in [-0.25, -0.2) is 4.79 Å². The van der Waals surface area contributed by atoms with Crippen molar-refractivity contribution in [3.63, 3.8) is 0 Å². The van der Waals surface area contributed by atoms with Crippen LogP contribution in [0.15, 0.2) is 48.5 Å². The van der Waals surface area contributed by atoms with Gasteiger partial charge in [-0.3, -0.25) is 9.59 Å². The first-order valence-electron chi connectivity index (χ1n) is 12.2. The summed E-state index contributed by atoms with van der Waals surface area (Å²) in [6.07, 6.45) is 0.308.